The lowest BCUT2D eigenvalue weighted by Gasteiger charge is -2.14. The fourth-order valence-corrected chi connectivity index (χ4v) is 1.53. The van der Waals surface area contributed by atoms with Crippen molar-refractivity contribution in [3.8, 4) is 5.75 Å². The van der Waals surface area contributed by atoms with Gasteiger partial charge in [0, 0.05) is 12.1 Å². The molecule has 1 atom stereocenters. The van der Waals surface area contributed by atoms with Crippen LogP contribution in [0.25, 0.3) is 0 Å². The van der Waals surface area contributed by atoms with E-state index in [1.54, 1.807) is 6.07 Å². The van der Waals surface area contributed by atoms with Crippen LogP contribution in [0.15, 0.2) is 18.2 Å². The van der Waals surface area contributed by atoms with E-state index >= 15 is 0 Å². The predicted octanol–water partition coefficient (Wildman–Crippen LogP) is 2.48. The molecule has 102 valence electrons. The van der Waals surface area contributed by atoms with E-state index in [9.17, 15) is 9.50 Å². The minimum Gasteiger partial charge on any atom is -0.491 e. The SMILES string of the molecule is CCCNCc1cc(F)ccc1OCC(O)CC. The maximum atomic E-state index is 13.2. The molecule has 1 aromatic carbocycles. The van der Waals surface area contributed by atoms with Gasteiger partial charge in [0.05, 0.1) is 6.10 Å². The summed E-state index contributed by atoms with van der Waals surface area (Å²) in [5.41, 5.74) is 0.784. The van der Waals surface area contributed by atoms with Gasteiger partial charge in [0.2, 0.25) is 0 Å². The molecule has 0 radical (unpaired) electrons. The molecule has 0 aliphatic rings. The summed E-state index contributed by atoms with van der Waals surface area (Å²) < 4.78 is 18.7. The van der Waals surface area contributed by atoms with Crippen LogP contribution >= 0.6 is 0 Å². The zero-order valence-electron chi connectivity index (χ0n) is 11.1. The summed E-state index contributed by atoms with van der Waals surface area (Å²) in [6.45, 7) is 5.66. The second-order valence-corrected chi connectivity index (χ2v) is 4.30. The highest BCUT2D eigenvalue weighted by Gasteiger charge is 2.07. The van der Waals surface area contributed by atoms with Gasteiger partial charge in [0.25, 0.3) is 0 Å². The molecule has 1 unspecified atom stereocenters. The molecule has 0 amide bonds. The Morgan fingerprint density at radius 3 is 2.83 bits per heavy atom. The summed E-state index contributed by atoms with van der Waals surface area (Å²) in [5, 5.41) is 12.7. The molecule has 0 bridgehead atoms. The van der Waals surface area contributed by atoms with Gasteiger partial charge in [-0.15, -0.1) is 0 Å². The molecule has 0 heterocycles. The van der Waals surface area contributed by atoms with Crippen LogP contribution < -0.4 is 10.1 Å². The second-order valence-electron chi connectivity index (χ2n) is 4.30. The third-order valence-corrected chi connectivity index (χ3v) is 2.67. The van der Waals surface area contributed by atoms with Gasteiger partial charge >= 0.3 is 0 Å². The lowest BCUT2D eigenvalue weighted by Crippen LogP contribution is -2.18. The van der Waals surface area contributed by atoms with Crippen molar-refractivity contribution in [2.45, 2.75) is 39.3 Å². The van der Waals surface area contributed by atoms with Crippen LogP contribution in [0, 0.1) is 5.82 Å². The fourth-order valence-electron chi connectivity index (χ4n) is 1.53. The summed E-state index contributed by atoms with van der Waals surface area (Å²) in [5.74, 6) is 0.360. The zero-order chi connectivity index (χ0) is 13.4. The van der Waals surface area contributed by atoms with Crippen LogP contribution in [-0.2, 0) is 6.54 Å². The highest BCUT2D eigenvalue weighted by atomic mass is 19.1. The summed E-state index contributed by atoms with van der Waals surface area (Å²) in [6.07, 6.45) is 1.19. The Hall–Kier alpha value is -1.13. The maximum Gasteiger partial charge on any atom is 0.124 e. The molecule has 2 N–H and O–H groups in total. The Labute approximate surface area is 108 Å². The van der Waals surface area contributed by atoms with E-state index in [1.165, 1.54) is 12.1 Å². The highest BCUT2D eigenvalue weighted by molar-refractivity contribution is 5.34. The lowest BCUT2D eigenvalue weighted by atomic mass is 10.2. The van der Waals surface area contributed by atoms with Gasteiger partial charge in [-0.1, -0.05) is 13.8 Å². The van der Waals surface area contributed by atoms with Gasteiger partial charge in [0.1, 0.15) is 18.2 Å². The number of rotatable bonds is 8. The molecule has 4 heteroatoms. The Balaban J connectivity index is 2.63. The monoisotopic (exact) mass is 255 g/mol. The van der Waals surface area contributed by atoms with E-state index < -0.39 is 6.10 Å². The van der Waals surface area contributed by atoms with Crippen molar-refractivity contribution in [2.75, 3.05) is 13.2 Å². The molecule has 0 spiro atoms. The quantitative estimate of drug-likeness (QED) is 0.701. The van der Waals surface area contributed by atoms with Crippen LogP contribution in [0.4, 0.5) is 4.39 Å². The smallest absolute Gasteiger partial charge is 0.124 e. The third-order valence-electron chi connectivity index (χ3n) is 2.67. The number of halogens is 1. The van der Waals surface area contributed by atoms with Crippen molar-refractivity contribution >= 4 is 0 Å². The molecule has 0 aromatic heterocycles. The van der Waals surface area contributed by atoms with E-state index in [0.717, 1.165) is 18.5 Å². The minimum absolute atomic E-state index is 0.239. The zero-order valence-corrected chi connectivity index (χ0v) is 11.1. The van der Waals surface area contributed by atoms with Crippen molar-refractivity contribution < 1.29 is 14.2 Å². The molecular formula is C14H22FNO2. The number of ether oxygens (including phenoxy) is 1. The average Bonchev–Trinajstić information content (AvgIpc) is 2.37. The molecule has 3 nitrogen and oxygen atoms in total. The van der Waals surface area contributed by atoms with Crippen molar-refractivity contribution in [2.24, 2.45) is 0 Å². The lowest BCUT2D eigenvalue weighted by molar-refractivity contribution is 0.104. The number of benzene rings is 1. The number of aliphatic hydroxyl groups is 1. The van der Waals surface area contributed by atoms with E-state index in [2.05, 4.69) is 12.2 Å². The van der Waals surface area contributed by atoms with Gasteiger partial charge in [0.15, 0.2) is 0 Å². The van der Waals surface area contributed by atoms with Crippen molar-refractivity contribution in [3.63, 3.8) is 0 Å². The first-order valence-corrected chi connectivity index (χ1v) is 6.47. The van der Waals surface area contributed by atoms with Gasteiger partial charge in [-0.3, -0.25) is 0 Å². The summed E-state index contributed by atoms with van der Waals surface area (Å²) >= 11 is 0. The van der Waals surface area contributed by atoms with Gasteiger partial charge in [-0.2, -0.15) is 0 Å². The Morgan fingerprint density at radius 1 is 1.39 bits per heavy atom. The van der Waals surface area contributed by atoms with Crippen LogP contribution in [0.3, 0.4) is 0 Å². The molecule has 0 saturated heterocycles. The second kappa shape index (κ2) is 8.06. The topological polar surface area (TPSA) is 41.5 Å². The van der Waals surface area contributed by atoms with Crippen LogP contribution in [0.1, 0.15) is 32.3 Å². The molecule has 18 heavy (non-hydrogen) atoms. The Kier molecular flexibility index (Phi) is 6.68. The van der Waals surface area contributed by atoms with Crippen molar-refractivity contribution in [1.29, 1.82) is 0 Å². The van der Waals surface area contributed by atoms with E-state index in [-0.39, 0.29) is 12.4 Å². The van der Waals surface area contributed by atoms with Gasteiger partial charge in [-0.05, 0) is 37.6 Å². The number of aliphatic hydroxyl groups excluding tert-OH is 1. The Bertz CT molecular complexity index is 358. The maximum absolute atomic E-state index is 13.2. The predicted molar refractivity (Wildman–Crippen MR) is 70.2 cm³/mol. The normalized spacial score (nSPS) is 12.4. The largest absolute Gasteiger partial charge is 0.491 e. The summed E-state index contributed by atoms with van der Waals surface area (Å²) in [6, 6.07) is 4.45. The number of hydrogen-bond donors (Lipinski definition) is 2. The molecule has 0 fully saturated rings. The summed E-state index contributed by atoms with van der Waals surface area (Å²) in [7, 11) is 0. The first kappa shape index (κ1) is 14.9. The Morgan fingerprint density at radius 2 is 2.17 bits per heavy atom. The number of hydrogen-bond acceptors (Lipinski definition) is 3. The number of nitrogens with one attached hydrogen (secondary N) is 1. The van der Waals surface area contributed by atoms with Crippen molar-refractivity contribution in [1.82, 2.24) is 5.32 Å². The van der Waals surface area contributed by atoms with Gasteiger partial charge < -0.3 is 15.2 Å². The first-order valence-electron chi connectivity index (χ1n) is 6.47. The fraction of sp³-hybridized carbons (Fsp3) is 0.571. The summed E-state index contributed by atoms with van der Waals surface area (Å²) in [4.78, 5) is 0. The molecule has 0 saturated carbocycles. The molecule has 0 aliphatic heterocycles. The van der Waals surface area contributed by atoms with Crippen LogP contribution in [0.2, 0.25) is 0 Å². The molecular weight excluding hydrogens is 233 g/mol. The molecule has 1 aromatic rings. The first-order chi connectivity index (χ1) is 8.67. The van der Waals surface area contributed by atoms with Crippen LogP contribution in [0.5, 0.6) is 5.75 Å². The minimum atomic E-state index is -0.480. The van der Waals surface area contributed by atoms with Gasteiger partial charge in [-0.25, -0.2) is 4.39 Å². The standard InChI is InChI=1S/C14H22FNO2/c1-3-7-16-9-11-8-12(15)5-6-14(11)18-10-13(17)4-2/h5-6,8,13,16-17H,3-4,7,9-10H2,1-2H3. The molecule has 0 aliphatic carbocycles. The van der Waals surface area contributed by atoms with E-state index in [4.69, 9.17) is 4.74 Å². The highest BCUT2D eigenvalue weighted by Crippen LogP contribution is 2.20. The van der Waals surface area contributed by atoms with Crippen molar-refractivity contribution in [3.05, 3.63) is 29.6 Å². The van der Waals surface area contributed by atoms with Crippen LogP contribution in [-0.4, -0.2) is 24.4 Å². The average molecular weight is 255 g/mol. The van der Waals surface area contributed by atoms with E-state index in [1.807, 2.05) is 6.92 Å². The third kappa shape index (κ3) is 5.02. The molecule has 1 rings (SSSR count). The van der Waals surface area contributed by atoms with E-state index in [0.29, 0.717) is 18.7 Å².